The van der Waals surface area contributed by atoms with Gasteiger partial charge in [0.2, 0.25) is 14.2 Å². The topological polar surface area (TPSA) is 31.2 Å². The Morgan fingerprint density at radius 1 is 1.03 bits per heavy atom. The molecule has 0 amide bonds. The molecule has 2 aromatic carbocycles. The van der Waals surface area contributed by atoms with Gasteiger partial charge in [-0.3, -0.25) is 9.36 Å². The average Bonchev–Trinajstić information content (AvgIpc) is 2.97. The predicted octanol–water partition coefficient (Wildman–Crippen LogP) is 7.49. The van der Waals surface area contributed by atoms with Gasteiger partial charge >= 0.3 is 0 Å². The van der Waals surface area contributed by atoms with E-state index in [2.05, 4.69) is 57.8 Å². The van der Waals surface area contributed by atoms with Gasteiger partial charge in [0, 0.05) is 17.7 Å². The summed E-state index contributed by atoms with van der Waals surface area (Å²) in [6, 6.07) is 10.4. The van der Waals surface area contributed by atoms with Gasteiger partial charge in [-0.25, -0.2) is 0 Å². The number of fused-ring (bicyclic) bond motifs is 3. The summed E-state index contributed by atoms with van der Waals surface area (Å²) < 4.78 is 8.40. The molecule has 4 heteroatoms. The standard InChI is InChI=1S/C25H35NO2Si/c1-7-8-9-10-11-14-20-18(2)24(28-29(4,5)6)17-22-21-15-12-13-16-23(21)26(19(3)27)25(20)22/h12-13,15-17H,7-11,14H2,1-6H3. The van der Waals surface area contributed by atoms with E-state index in [0.29, 0.717) is 0 Å². The SMILES string of the molecule is CCCCCCCc1c(C)c(O[Si](C)(C)C)cc2c3ccccc3n(C(C)=O)c12. The molecule has 0 saturated carbocycles. The maximum absolute atomic E-state index is 12.7. The monoisotopic (exact) mass is 409 g/mol. The van der Waals surface area contributed by atoms with E-state index < -0.39 is 8.32 Å². The van der Waals surface area contributed by atoms with Crippen molar-refractivity contribution in [3.05, 3.63) is 41.5 Å². The molecular weight excluding hydrogens is 374 g/mol. The molecule has 0 aliphatic heterocycles. The van der Waals surface area contributed by atoms with Crippen molar-refractivity contribution >= 4 is 36.0 Å². The molecule has 3 aromatic rings. The van der Waals surface area contributed by atoms with Crippen LogP contribution in [0.1, 0.15) is 61.9 Å². The molecule has 0 saturated heterocycles. The van der Waals surface area contributed by atoms with Crippen molar-refractivity contribution in [1.82, 2.24) is 4.57 Å². The minimum absolute atomic E-state index is 0.0710. The van der Waals surface area contributed by atoms with E-state index >= 15 is 0 Å². The van der Waals surface area contributed by atoms with E-state index in [9.17, 15) is 4.79 Å². The molecule has 0 N–H and O–H groups in total. The molecule has 156 valence electrons. The first-order chi connectivity index (χ1) is 13.7. The van der Waals surface area contributed by atoms with Crippen LogP contribution in [0.5, 0.6) is 5.75 Å². The Hall–Kier alpha value is -2.07. The van der Waals surface area contributed by atoms with Crippen molar-refractivity contribution < 1.29 is 9.22 Å². The molecule has 3 rings (SSSR count). The van der Waals surface area contributed by atoms with E-state index in [4.69, 9.17) is 4.43 Å². The highest BCUT2D eigenvalue weighted by molar-refractivity contribution is 6.70. The van der Waals surface area contributed by atoms with Crippen LogP contribution in [0, 0.1) is 6.92 Å². The summed E-state index contributed by atoms with van der Waals surface area (Å²) in [4.78, 5) is 12.7. The molecule has 0 fully saturated rings. The Bertz CT molecular complexity index is 1030. The number of rotatable bonds is 8. The molecule has 29 heavy (non-hydrogen) atoms. The van der Waals surface area contributed by atoms with Gasteiger partial charge in [-0.1, -0.05) is 50.8 Å². The maximum atomic E-state index is 12.7. The number of carbonyl (C=O) groups excluding carboxylic acids is 1. The lowest BCUT2D eigenvalue weighted by Gasteiger charge is -2.23. The highest BCUT2D eigenvalue weighted by Gasteiger charge is 2.23. The number of carbonyl (C=O) groups is 1. The van der Waals surface area contributed by atoms with Crippen molar-refractivity contribution in [2.24, 2.45) is 0 Å². The summed E-state index contributed by atoms with van der Waals surface area (Å²) in [5, 5.41) is 2.27. The largest absolute Gasteiger partial charge is 0.544 e. The van der Waals surface area contributed by atoms with Crippen LogP contribution in [0.4, 0.5) is 0 Å². The third-order valence-corrected chi connectivity index (χ3v) is 6.39. The zero-order valence-corrected chi connectivity index (χ0v) is 19.9. The molecule has 1 aromatic heterocycles. The zero-order chi connectivity index (χ0) is 21.2. The van der Waals surface area contributed by atoms with Gasteiger partial charge in [0.05, 0.1) is 11.0 Å². The van der Waals surface area contributed by atoms with Gasteiger partial charge in [0.1, 0.15) is 5.75 Å². The van der Waals surface area contributed by atoms with E-state index in [1.54, 1.807) is 6.92 Å². The van der Waals surface area contributed by atoms with Crippen LogP contribution in [0.25, 0.3) is 21.8 Å². The second-order valence-corrected chi connectivity index (χ2v) is 13.6. The van der Waals surface area contributed by atoms with Crippen molar-refractivity contribution in [3.8, 4) is 5.75 Å². The minimum atomic E-state index is -1.74. The van der Waals surface area contributed by atoms with E-state index in [1.165, 1.54) is 36.8 Å². The quantitative estimate of drug-likeness (QED) is 0.285. The van der Waals surface area contributed by atoms with Crippen LogP contribution in [0.3, 0.4) is 0 Å². The van der Waals surface area contributed by atoms with Gasteiger partial charge in [-0.05, 0) is 62.7 Å². The van der Waals surface area contributed by atoms with E-state index in [0.717, 1.165) is 40.4 Å². The Morgan fingerprint density at radius 2 is 1.72 bits per heavy atom. The Morgan fingerprint density at radius 3 is 2.38 bits per heavy atom. The Labute approximate surface area is 176 Å². The Kier molecular flexibility index (Phi) is 6.52. The number of benzene rings is 2. The number of para-hydroxylation sites is 1. The normalized spacial score (nSPS) is 12.1. The molecule has 0 aliphatic carbocycles. The number of aryl methyl sites for hydroxylation is 1. The van der Waals surface area contributed by atoms with Crippen molar-refractivity contribution in [2.45, 2.75) is 78.9 Å². The second-order valence-electron chi connectivity index (χ2n) is 9.12. The molecule has 0 bridgehead atoms. The minimum Gasteiger partial charge on any atom is -0.544 e. The number of nitrogens with zero attached hydrogens (tertiary/aromatic N) is 1. The van der Waals surface area contributed by atoms with Crippen LogP contribution in [-0.2, 0) is 6.42 Å². The lowest BCUT2D eigenvalue weighted by atomic mass is 9.97. The van der Waals surface area contributed by atoms with E-state index in [-0.39, 0.29) is 5.91 Å². The van der Waals surface area contributed by atoms with Crippen LogP contribution in [0.2, 0.25) is 19.6 Å². The fourth-order valence-corrected chi connectivity index (χ4v) is 5.12. The van der Waals surface area contributed by atoms with Gasteiger partial charge in [0.25, 0.3) is 0 Å². The number of hydrogen-bond acceptors (Lipinski definition) is 2. The fraction of sp³-hybridized carbons (Fsp3) is 0.480. The number of aromatic nitrogens is 1. The lowest BCUT2D eigenvalue weighted by Crippen LogP contribution is -2.29. The van der Waals surface area contributed by atoms with Crippen molar-refractivity contribution in [3.63, 3.8) is 0 Å². The summed E-state index contributed by atoms with van der Waals surface area (Å²) in [5.41, 5.74) is 4.54. The predicted molar refractivity (Wildman–Crippen MR) is 127 cm³/mol. The van der Waals surface area contributed by atoms with Crippen LogP contribution in [0.15, 0.2) is 30.3 Å². The summed E-state index contributed by atoms with van der Waals surface area (Å²) >= 11 is 0. The molecule has 0 unspecified atom stereocenters. The third-order valence-electron chi connectivity index (χ3n) is 5.56. The van der Waals surface area contributed by atoms with Gasteiger partial charge in [0.15, 0.2) is 0 Å². The Balaban J connectivity index is 2.22. The number of hydrogen-bond donors (Lipinski definition) is 0. The molecular formula is C25H35NO2Si. The fourth-order valence-electron chi connectivity index (χ4n) is 4.25. The first-order valence-electron chi connectivity index (χ1n) is 11.0. The summed E-state index contributed by atoms with van der Waals surface area (Å²) in [6.45, 7) is 12.7. The molecule has 0 atom stereocenters. The highest BCUT2D eigenvalue weighted by atomic mass is 28.4. The first kappa shape index (κ1) is 21.6. The summed E-state index contributed by atoms with van der Waals surface area (Å²) in [7, 11) is -1.74. The smallest absolute Gasteiger partial charge is 0.242 e. The van der Waals surface area contributed by atoms with Crippen LogP contribution >= 0.6 is 0 Å². The second kappa shape index (κ2) is 8.74. The summed E-state index contributed by atoms with van der Waals surface area (Å²) in [6.07, 6.45) is 7.18. The molecule has 3 nitrogen and oxygen atoms in total. The van der Waals surface area contributed by atoms with Crippen LogP contribution < -0.4 is 4.43 Å². The lowest BCUT2D eigenvalue weighted by molar-refractivity contribution is 0.0946. The molecule has 0 aliphatic rings. The van der Waals surface area contributed by atoms with Crippen molar-refractivity contribution in [1.29, 1.82) is 0 Å². The molecule has 0 radical (unpaired) electrons. The molecule has 1 heterocycles. The van der Waals surface area contributed by atoms with Gasteiger partial charge < -0.3 is 4.43 Å². The number of unbranched alkanes of at least 4 members (excludes halogenated alkanes) is 4. The summed E-state index contributed by atoms with van der Waals surface area (Å²) in [5.74, 6) is 1.06. The van der Waals surface area contributed by atoms with Gasteiger partial charge in [-0.15, -0.1) is 0 Å². The first-order valence-corrected chi connectivity index (χ1v) is 14.4. The van der Waals surface area contributed by atoms with Crippen molar-refractivity contribution in [2.75, 3.05) is 0 Å². The van der Waals surface area contributed by atoms with Crippen LogP contribution in [-0.4, -0.2) is 18.8 Å². The molecule has 0 spiro atoms. The average molecular weight is 410 g/mol. The third kappa shape index (κ3) is 4.58. The maximum Gasteiger partial charge on any atom is 0.242 e. The zero-order valence-electron chi connectivity index (χ0n) is 18.9. The highest BCUT2D eigenvalue weighted by Crippen LogP contribution is 2.38. The van der Waals surface area contributed by atoms with Gasteiger partial charge in [-0.2, -0.15) is 0 Å². The van der Waals surface area contributed by atoms with E-state index in [1.807, 2.05) is 10.6 Å².